The molecule has 7 nitrogen and oxygen atoms in total. The molecule has 1 aromatic heterocycles. The second-order valence-electron chi connectivity index (χ2n) is 3.38. The van der Waals surface area contributed by atoms with Gasteiger partial charge in [-0.3, -0.25) is 4.57 Å². The lowest BCUT2D eigenvalue weighted by molar-refractivity contribution is 0.0708. The zero-order chi connectivity index (χ0) is 10.7. The fourth-order valence-electron chi connectivity index (χ4n) is 1.47. The van der Waals surface area contributed by atoms with Crippen LogP contribution < -0.4 is 16.7 Å². The summed E-state index contributed by atoms with van der Waals surface area (Å²) in [6, 6.07) is 0.128. The number of aromatic nitrogens is 3. The summed E-state index contributed by atoms with van der Waals surface area (Å²) in [5.41, 5.74) is 4.91. The molecule has 2 rings (SSSR count). The van der Waals surface area contributed by atoms with Gasteiger partial charge in [-0.1, -0.05) is 0 Å². The highest BCUT2D eigenvalue weighted by molar-refractivity contribution is 5.09. The van der Waals surface area contributed by atoms with Crippen LogP contribution in [0.25, 0.3) is 0 Å². The molecule has 0 aliphatic carbocycles. The minimum Gasteiger partial charge on any atom is -0.378 e. The summed E-state index contributed by atoms with van der Waals surface area (Å²) in [5.74, 6) is 0.00380. The van der Waals surface area contributed by atoms with Crippen molar-refractivity contribution >= 4 is 5.95 Å². The van der Waals surface area contributed by atoms with Crippen molar-refractivity contribution in [2.24, 2.45) is 0 Å². The van der Waals surface area contributed by atoms with E-state index in [-0.39, 0.29) is 17.7 Å². The van der Waals surface area contributed by atoms with Crippen LogP contribution in [0.4, 0.5) is 5.95 Å². The van der Waals surface area contributed by atoms with Crippen LogP contribution in [0.15, 0.2) is 11.1 Å². The lowest BCUT2D eigenvalue weighted by atomic mass is 10.3. The molecule has 3 N–H and O–H groups in total. The van der Waals surface area contributed by atoms with Crippen LogP contribution in [0, 0.1) is 0 Å². The Morgan fingerprint density at radius 2 is 2.60 bits per heavy atom. The second kappa shape index (κ2) is 4.37. The smallest absolute Gasteiger partial charge is 0.352 e. The van der Waals surface area contributed by atoms with Crippen molar-refractivity contribution in [3.05, 3.63) is 16.8 Å². The molecule has 1 unspecified atom stereocenters. The molecule has 15 heavy (non-hydrogen) atoms. The molecule has 1 fully saturated rings. The van der Waals surface area contributed by atoms with Crippen molar-refractivity contribution in [2.75, 3.05) is 25.5 Å². The highest BCUT2D eigenvalue weighted by Gasteiger charge is 2.14. The van der Waals surface area contributed by atoms with Crippen LogP contribution >= 0.6 is 0 Å². The van der Waals surface area contributed by atoms with E-state index in [1.54, 1.807) is 0 Å². The molecule has 82 valence electrons. The van der Waals surface area contributed by atoms with Gasteiger partial charge < -0.3 is 15.8 Å². The average molecular weight is 211 g/mol. The summed E-state index contributed by atoms with van der Waals surface area (Å²) >= 11 is 0. The second-order valence-corrected chi connectivity index (χ2v) is 3.38. The molecule has 0 saturated carbocycles. The normalized spacial score (nSPS) is 21.5. The van der Waals surface area contributed by atoms with Gasteiger partial charge in [-0.15, -0.1) is 0 Å². The summed E-state index contributed by atoms with van der Waals surface area (Å²) in [4.78, 5) is 18.7. The Balaban J connectivity index is 2.06. The van der Waals surface area contributed by atoms with E-state index < -0.39 is 0 Å². The molecule has 1 aliphatic rings. The summed E-state index contributed by atoms with van der Waals surface area (Å²) in [6.45, 7) is 2.61. The number of nitrogens with one attached hydrogen (secondary N) is 1. The van der Waals surface area contributed by atoms with Gasteiger partial charge in [0.1, 0.15) is 6.33 Å². The predicted octanol–water partition coefficient (Wildman–Crippen LogP) is -1.79. The van der Waals surface area contributed by atoms with Crippen LogP contribution in [-0.4, -0.2) is 40.3 Å². The molecule has 1 aliphatic heterocycles. The Morgan fingerprint density at radius 1 is 1.73 bits per heavy atom. The third kappa shape index (κ3) is 2.51. The maximum Gasteiger partial charge on any atom is 0.352 e. The summed E-state index contributed by atoms with van der Waals surface area (Å²) in [6.07, 6.45) is 1.40. The number of rotatable bonds is 2. The molecule has 0 radical (unpaired) electrons. The van der Waals surface area contributed by atoms with E-state index in [2.05, 4.69) is 15.3 Å². The Labute approximate surface area is 86.3 Å². The fourth-order valence-corrected chi connectivity index (χ4v) is 1.47. The number of nitrogens with zero attached hydrogens (tertiary/aromatic N) is 3. The first-order chi connectivity index (χ1) is 7.25. The molecule has 0 aromatic carbocycles. The molecule has 1 saturated heterocycles. The quantitative estimate of drug-likeness (QED) is 0.600. The highest BCUT2D eigenvalue weighted by Crippen LogP contribution is 1.95. The average Bonchev–Trinajstić information content (AvgIpc) is 2.24. The number of hydrogen-bond acceptors (Lipinski definition) is 6. The monoisotopic (exact) mass is 211 g/mol. The van der Waals surface area contributed by atoms with E-state index in [4.69, 9.17) is 10.5 Å². The minimum absolute atomic E-state index is 0.00380. The summed E-state index contributed by atoms with van der Waals surface area (Å²) < 4.78 is 6.69. The van der Waals surface area contributed by atoms with Crippen molar-refractivity contribution in [1.82, 2.24) is 19.9 Å². The van der Waals surface area contributed by atoms with E-state index in [1.165, 1.54) is 10.9 Å². The van der Waals surface area contributed by atoms with Gasteiger partial charge in [-0.2, -0.15) is 4.98 Å². The van der Waals surface area contributed by atoms with Crippen LogP contribution in [0.2, 0.25) is 0 Å². The first-order valence-electron chi connectivity index (χ1n) is 4.76. The first-order valence-corrected chi connectivity index (χ1v) is 4.76. The number of morpholine rings is 1. The minimum atomic E-state index is -0.380. The molecule has 1 atom stereocenters. The van der Waals surface area contributed by atoms with E-state index >= 15 is 0 Å². The van der Waals surface area contributed by atoms with Crippen molar-refractivity contribution in [1.29, 1.82) is 0 Å². The van der Waals surface area contributed by atoms with Crippen LogP contribution in [0.5, 0.6) is 0 Å². The molecular weight excluding hydrogens is 198 g/mol. The van der Waals surface area contributed by atoms with Crippen molar-refractivity contribution in [3.63, 3.8) is 0 Å². The molecular formula is C8H13N5O2. The van der Waals surface area contributed by atoms with Crippen LogP contribution in [-0.2, 0) is 11.3 Å². The van der Waals surface area contributed by atoms with E-state index in [0.717, 1.165) is 6.54 Å². The maximum atomic E-state index is 11.4. The van der Waals surface area contributed by atoms with Gasteiger partial charge in [0.15, 0.2) is 0 Å². The van der Waals surface area contributed by atoms with E-state index in [1.807, 2.05) is 0 Å². The van der Waals surface area contributed by atoms with E-state index in [0.29, 0.717) is 19.8 Å². The Kier molecular flexibility index (Phi) is 2.93. The molecule has 0 spiro atoms. The number of nitrogens with two attached hydrogens (primary N) is 1. The number of ether oxygens (including phenoxy) is 1. The SMILES string of the molecule is Nc1ncn(CC2COCCN2)c(=O)n1. The molecule has 0 amide bonds. The van der Waals surface area contributed by atoms with Crippen molar-refractivity contribution in [3.8, 4) is 0 Å². The summed E-state index contributed by atoms with van der Waals surface area (Å²) in [7, 11) is 0. The van der Waals surface area contributed by atoms with Gasteiger partial charge in [0, 0.05) is 19.1 Å². The van der Waals surface area contributed by atoms with Gasteiger partial charge in [-0.25, -0.2) is 9.78 Å². The number of anilines is 1. The van der Waals surface area contributed by atoms with Crippen LogP contribution in [0.1, 0.15) is 0 Å². The van der Waals surface area contributed by atoms with E-state index in [9.17, 15) is 4.79 Å². The third-order valence-electron chi connectivity index (χ3n) is 2.20. The molecule has 2 heterocycles. The Hall–Kier alpha value is -1.47. The number of hydrogen-bond donors (Lipinski definition) is 2. The molecule has 7 heteroatoms. The predicted molar refractivity (Wildman–Crippen MR) is 53.3 cm³/mol. The first kappa shape index (κ1) is 10.1. The van der Waals surface area contributed by atoms with Gasteiger partial charge in [0.25, 0.3) is 0 Å². The van der Waals surface area contributed by atoms with Gasteiger partial charge in [0.2, 0.25) is 5.95 Å². The molecule has 1 aromatic rings. The van der Waals surface area contributed by atoms with Crippen molar-refractivity contribution < 1.29 is 4.74 Å². The van der Waals surface area contributed by atoms with Crippen LogP contribution in [0.3, 0.4) is 0 Å². The fraction of sp³-hybridized carbons (Fsp3) is 0.625. The Bertz CT molecular complexity index is 385. The maximum absolute atomic E-state index is 11.4. The highest BCUT2D eigenvalue weighted by atomic mass is 16.5. The lowest BCUT2D eigenvalue weighted by Crippen LogP contribution is -2.45. The lowest BCUT2D eigenvalue weighted by Gasteiger charge is -2.23. The standard InChI is InChI=1S/C8H13N5O2/c9-7-11-5-13(8(14)12-7)3-6-4-15-2-1-10-6/h5-6,10H,1-4H2,(H2,9,12,14). The summed E-state index contributed by atoms with van der Waals surface area (Å²) in [5, 5.41) is 3.24. The zero-order valence-electron chi connectivity index (χ0n) is 8.22. The van der Waals surface area contributed by atoms with Crippen molar-refractivity contribution in [2.45, 2.75) is 12.6 Å². The topological polar surface area (TPSA) is 95.1 Å². The number of nitrogen functional groups attached to an aromatic ring is 1. The van der Waals surface area contributed by atoms with Gasteiger partial charge in [0.05, 0.1) is 13.2 Å². The van der Waals surface area contributed by atoms with Gasteiger partial charge >= 0.3 is 5.69 Å². The largest absolute Gasteiger partial charge is 0.378 e. The third-order valence-corrected chi connectivity index (χ3v) is 2.20. The molecule has 0 bridgehead atoms. The Morgan fingerprint density at radius 3 is 3.27 bits per heavy atom. The zero-order valence-corrected chi connectivity index (χ0v) is 8.22. The van der Waals surface area contributed by atoms with Gasteiger partial charge in [-0.05, 0) is 0 Å².